The Bertz CT molecular complexity index is 608. The Morgan fingerprint density at radius 1 is 1.12 bits per heavy atom. The number of Topliss-reactive ketones (excluding diaryl/α,β-unsaturated/α-hetero) is 1. The maximum atomic E-state index is 12.5. The first kappa shape index (κ1) is 16.8. The quantitative estimate of drug-likeness (QED) is 0.775. The molecule has 0 amide bonds. The van der Waals surface area contributed by atoms with Crippen molar-refractivity contribution in [2.75, 3.05) is 14.2 Å². The van der Waals surface area contributed by atoms with Gasteiger partial charge < -0.3 is 14.2 Å². The normalized spacial score (nSPS) is 25.9. The first-order valence-corrected chi connectivity index (χ1v) is 8.53. The summed E-state index contributed by atoms with van der Waals surface area (Å²) in [6.45, 7) is 0.152. The van der Waals surface area contributed by atoms with E-state index in [2.05, 4.69) is 0 Å². The van der Waals surface area contributed by atoms with Crippen LogP contribution < -0.4 is 9.47 Å². The smallest absolute Gasteiger partial charge is 0.309 e. The van der Waals surface area contributed by atoms with Gasteiger partial charge in [0.05, 0.1) is 20.1 Å². The van der Waals surface area contributed by atoms with Crippen LogP contribution in [0.3, 0.4) is 0 Å². The molecule has 2 aliphatic rings. The van der Waals surface area contributed by atoms with Crippen LogP contribution in [0.4, 0.5) is 0 Å². The molecule has 130 valence electrons. The van der Waals surface area contributed by atoms with E-state index in [9.17, 15) is 9.59 Å². The van der Waals surface area contributed by atoms with Gasteiger partial charge in [0.25, 0.3) is 0 Å². The van der Waals surface area contributed by atoms with Crippen LogP contribution in [-0.4, -0.2) is 26.0 Å². The summed E-state index contributed by atoms with van der Waals surface area (Å²) in [5.74, 6) is 1.47. The van der Waals surface area contributed by atoms with Gasteiger partial charge in [0, 0.05) is 17.4 Å². The number of rotatable bonds is 5. The molecule has 5 nitrogen and oxygen atoms in total. The molecule has 0 aromatic heterocycles. The summed E-state index contributed by atoms with van der Waals surface area (Å²) in [7, 11) is 3.18. The van der Waals surface area contributed by atoms with Crippen molar-refractivity contribution in [1.29, 1.82) is 0 Å². The second-order valence-electron chi connectivity index (χ2n) is 6.68. The van der Waals surface area contributed by atoms with Crippen molar-refractivity contribution < 1.29 is 23.8 Å². The molecule has 24 heavy (non-hydrogen) atoms. The first-order valence-electron chi connectivity index (χ1n) is 8.53. The lowest BCUT2D eigenvalue weighted by Crippen LogP contribution is -2.39. The zero-order valence-corrected chi connectivity index (χ0v) is 14.2. The molecule has 1 aromatic rings. The van der Waals surface area contributed by atoms with Gasteiger partial charge in [0.15, 0.2) is 0 Å². The first-order chi connectivity index (χ1) is 11.6. The van der Waals surface area contributed by atoms with Crippen LogP contribution in [0.2, 0.25) is 0 Å². The van der Waals surface area contributed by atoms with Crippen LogP contribution in [0.25, 0.3) is 0 Å². The van der Waals surface area contributed by atoms with Gasteiger partial charge in [-0.3, -0.25) is 9.59 Å². The third-order valence-electron chi connectivity index (χ3n) is 5.24. The monoisotopic (exact) mass is 332 g/mol. The lowest BCUT2D eigenvalue weighted by molar-refractivity contribution is -0.154. The summed E-state index contributed by atoms with van der Waals surface area (Å²) in [6, 6.07) is 5.41. The minimum absolute atomic E-state index is 0.0569. The van der Waals surface area contributed by atoms with Crippen molar-refractivity contribution in [3.63, 3.8) is 0 Å². The maximum absolute atomic E-state index is 12.5. The van der Waals surface area contributed by atoms with Crippen molar-refractivity contribution >= 4 is 11.8 Å². The number of carbonyl (C=O) groups excluding carboxylic acids is 2. The molecule has 2 fully saturated rings. The Kier molecular flexibility index (Phi) is 5.07. The predicted octanol–water partition coefficient (Wildman–Crippen LogP) is 3.14. The minimum atomic E-state index is -0.204. The molecule has 5 heteroatoms. The molecule has 3 rings (SSSR count). The van der Waals surface area contributed by atoms with E-state index in [1.807, 2.05) is 6.07 Å². The van der Waals surface area contributed by atoms with E-state index in [1.54, 1.807) is 26.4 Å². The summed E-state index contributed by atoms with van der Waals surface area (Å²) in [4.78, 5) is 24.6. The maximum Gasteiger partial charge on any atom is 0.309 e. The SMILES string of the molecule is COc1ccc(OC)c(COC(=O)C2C[C@H]3CCC[C@H](C2)C3=O)c1. The second-order valence-corrected chi connectivity index (χ2v) is 6.68. The number of esters is 1. The Morgan fingerprint density at radius 2 is 1.83 bits per heavy atom. The predicted molar refractivity (Wildman–Crippen MR) is 87.9 cm³/mol. The minimum Gasteiger partial charge on any atom is -0.497 e. The number of fused-ring (bicyclic) bond motifs is 2. The zero-order chi connectivity index (χ0) is 17.1. The Labute approximate surface area is 142 Å². The van der Waals surface area contributed by atoms with Crippen LogP contribution >= 0.6 is 0 Å². The lowest BCUT2D eigenvalue weighted by Gasteiger charge is -2.36. The van der Waals surface area contributed by atoms with E-state index >= 15 is 0 Å². The highest BCUT2D eigenvalue weighted by molar-refractivity contribution is 5.87. The van der Waals surface area contributed by atoms with E-state index in [0.29, 0.717) is 30.1 Å². The number of benzene rings is 1. The van der Waals surface area contributed by atoms with Crippen molar-refractivity contribution in [1.82, 2.24) is 0 Å². The van der Waals surface area contributed by atoms with Crippen LogP contribution in [0.1, 0.15) is 37.7 Å². The summed E-state index contributed by atoms with van der Waals surface area (Å²) >= 11 is 0. The fourth-order valence-corrected chi connectivity index (χ4v) is 3.93. The molecular formula is C19H24O5. The van der Waals surface area contributed by atoms with Crippen LogP contribution in [0, 0.1) is 17.8 Å². The Hall–Kier alpha value is -2.04. The van der Waals surface area contributed by atoms with Crippen molar-refractivity contribution in [2.45, 2.75) is 38.7 Å². The molecule has 0 radical (unpaired) electrons. The van der Waals surface area contributed by atoms with Crippen molar-refractivity contribution in [3.8, 4) is 11.5 Å². The van der Waals surface area contributed by atoms with Crippen molar-refractivity contribution in [2.24, 2.45) is 17.8 Å². The molecule has 0 saturated heterocycles. The number of methoxy groups -OCH3 is 2. The Morgan fingerprint density at radius 3 is 2.46 bits per heavy atom. The lowest BCUT2D eigenvalue weighted by atomic mass is 9.67. The third kappa shape index (κ3) is 3.40. The summed E-state index contributed by atoms with van der Waals surface area (Å²) in [5.41, 5.74) is 0.775. The number of ether oxygens (including phenoxy) is 3. The number of carbonyl (C=O) groups is 2. The molecule has 0 aliphatic heterocycles. The zero-order valence-electron chi connectivity index (χ0n) is 14.2. The van der Waals surface area contributed by atoms with E-state index in [4.69, 9.17) is 14.2 Å². The molecule has 0 N–H and O–H groups in total. The summed E-state index contributed by atoms with van der Waals surface area (Å²) in [6.07, 6.45) is 4.22. The summed E-state index contributed by atoms with van der Waals surface area (Å²) < 4.78 is 16.0. The van der Waals surface area contributed by atoms with Gasteiger partial charge >= 0.3 is 5.97 Å². The molecule has 0 spiro atoms. The fourth-order valence-electron chi connectivity index (χ4n) is 3.93. The molecular weight excluding hydrogens is 308 g/mol. The van der Waals surface area contributed by atoms with Crippen LogP contribution in [-0.2, 0) is 20.9 Å². The van der Waals surface area contributed by atoms with Gasteiger partial charge in [-0.05, 0) is 43.9 Å². The topological polar surface area (TPSA) is 61.8 Å². The van der Waals surface area contributed by atoms with E-state index in [1.165, 1.54) is 0 Å². The average molecular weight is 332 g/mol. The molecule has 0 heterocycles. The molecule has 1 aromatic carbocycles. The average Bonchev–Trinajstić information content (AvgIpc) is 2.59. The van der Waals surface area contributed by atoms with Gasteiger partial charge in [-0.25, -0.2) is 0 Å². The van der Waals surface area contributed by atoms with Gasteiger partial charge in [-0.1, -0.05) is 6.42 Å². The highest BCUT2D eigenvalue weighted by Crippen LogP contribution is 2.40. The largest absolute Gasteiger partial charge is 0.497 e. The molecule has 0 unspecified atom stereocenters. The second kappa shape index (κ2) is 7.24. The van der Waals surface area contributed by atoms with Crippen LogP contribution in [0.5, 0.6) is 11.5 Å². The standard InChI is InChI=1S/C19H24O5/c1-22-16-6-7-17(23-2)15(10-16)11-24-19(21)14-8-12-4-3-5-13(9-14)18(12)20/h6-7,10,12-14H,3-5,8-9,11H2,1-2H3/t12-,13-/m1/s1. The van der Waals surface area contributed by atoms with Gasteiger partial charge in [0.2, 0.25) is 0 Å². The third-order valence-corrected chi connectivity index (χ3v) is 5.24. The molecule has 2 bridgehead atoms. The summed E-state index contributed by atoms with van der Waals surface area (Å²) in [5, 5.41) is 0. The molecule has 2 saturated carbocycles. The number of hydrogen-bond acceptors (Lipinski definition) is 5. The van der Waals surface area contributed by atoms with Gasteiger partial charge in [-0.2, -0.15) is 0 Å². The van der Waals surface area contributed by atoms with Crippen molar-refractivity contribution in [3.05, 3.63) is 23.8 Å². The number of hydrogen-bond donors (Lipinski definition) is 0. The highest BCUT2D eigenvalue weighted by atomic mass is 16.5. The molecule has 2 atom stereocenters. The van der Waals surface area contributed by atoms with Gasteiger partial charge in [-0.15, -0.1) is 0 Å². The fraction of sp³-hybridized carbons (Fsp3) is 0.579. The van der Waals surface area contributed by atoms with E-state index in [0.717, 1.165) is 24.8 Å². The Balaban J connectivity index is 1.63. The molecule has 2 aliphatic carbocycles. The van der Waals surface area contributed by atoms with Gasteiger partial charge in [0.1, 0.15) is 23.9 Å². The number of ketones is 1. The highest BCUT2D eigenvalue weighted by Gasteiger charge is 2.41. The van der Waals surface area contributed by atoms with E-state index < -0.39 is 0 Å². The van der Waals surface area contributed by atoms with E-state index in [-0.39, 0.29) is 30.3 Å². The van der Waals surface area contributed by atoms with Crippen LogP contribution in [0.15, 0.2) is 18.2 Å².